The summed E-state index contributed by atoms with van der Waals surface area (Å²) >= 11 is 1.04. The summed E-state index contributed by atoms with van der Waals surface area (Å²) in [7, 11) is 0. The molecule has 14 heteroatoms. The van der Waals surface area contributed by atoms with Gasteiger partial charge in [0.05, 0.1) is 18.0 Å². The number of aromatic amines is 1. The maximum atomic E-state index is 13.7. The van der Waals surface area contributed by atoms with Crippen LogP contribution in [0.3, 0.4) is 0 Å². The molecule has 0 aliphatic carbocycles. The van der Waals surface area contributed by atoms with Crippen LogP contribution in [0.2, 0.25) is 0 Å². The van der Waals surface area contributed by atoms with E-state index in [1.807, 2.05) is 18.2 Å². The molecule has 0 spiro atoms. The highest BCUT2D eigenvalue weighted by molar-refractivity contribution is 7.99. The van der Waals surface area contributed by atoms with Crippen molar-refractivity contribution in [2.75, 3.05) is 38.5 Å². The molecule has 1 aliphatic rings. The number of halogens is 3. The van der Waals surface area contributed by atoms with Gasteiger partial charge in [-0.1, -0.05) is 30.0 Å². The van der Waals surface area contributed by atoms with Gasteiger partial charge in [0, 0.05) is 37.1 Å². The Bertz CT molecular complexity index is 1610. The molecule has 1 aliphatic heterocycles. The van der Waals surface area contributed by atoms with Gasteiger partial charge in [-0.25, -0.2) is 9.78 Å². The molecule has 3 heterocycles. The third kappa shape index (κ3) is 5.71. The van der Waals surface area contributed by atoms with Crippen LogP contribution in [0.15, 0.2) is 58.5 Å². The van der Waals surface area contributed by atoms with Crippen molar-refractivity contribution in [2.45, 2.75) is 18.4 Å². The zero-order chi connectivity index (χ0) is 28.4. The second kappa shape index (κ2) is 11.1. The Morgan fingerprint density at radius 1 is 1.02 bits per heavy atom. The molecule has 0 atom stereocenters. The first-order valence-electron chi connectivity index (χ1n) is 12.4. The first kappa shape index (κ1) is 27.4. The average molecular weight is 576 g/mol. The molecule has 1 N–H and O–H groups in total. The molecule has 10 nitrogen and oxygen atoms in total. The quantitative estimate of drug-likeness (QED) is 0.272. The molecule has 1 saturated heterocycles. The predicted octanol–water partition coefficient (Wildman–Crippen LogP) is 4.16. The number of H-pyrrole nitrogens is 1. The summed E-state index contributed by atoms with van der Waals surface area (Å²) in [6, 6.07) is 12.1. The molecule has 1 fully saturated rings. The summed E-state index contributed by atoms with van der Waals surface area (Å²) in [5.74, 6) is -0.688. The fourth-order valence-electron chi connectivity index (χ4n) is 4.43. The van der Waals surface area contributed by atoms with E-state index >= 15 is 0 Å². The van der Waals surface area contributed by atoms with E-state index in [-0.39, 0.29) is 34.6 Å². The van der Waals surface area contributed by atoms with Gasteiger partial charge in [0.15, 0.2) is 5.16 Å². The minimum absolute atomic E-state index is 0.0466. The highest BCUT2D eigenvalue weighted by Crippen LogP contribution is 2.28. The van der Waals surface area contributed by atoms with Crippen molar-refractivity contribution in [3.63, 3.8) is 0 Å². The van der Waals surface area contributed by atoms with Crippen molar-refractivity contribution in [3.8, 4) is 11.4 Å². The van der Waals surface area contributed by atoms with Crippen LogP contribution in [0.25, 0.3) is 27.6 Å². The molecule has 210 valence electrons. The lowest BCUT2D eigenvalue weighted by Gasteiger charge is -2.34. The number of benzene rings is 2. The number of ether oxygens (including phenoxy) is 2. The number of fused-ring (bicyclic) bond motifs is 3. The minimum Gasteiger partial charge on any atom is -0.450 e. The third-order valence-electron chi connectivity index (χ3n) is 6.31. The average Bonchev–Trinajstić information content (AvgIpc) is 3.31. The lowest BCUT2D eigenvalue weighted by Crippen LogP contribution is -2.51. The summed E-state index contributed by atoms with van der Waals surface area (Å²) < 4.78 is 48.1. The largest absolute Gasteiger partial charge is 0.573 e. The fraction of sp³-hybridized carbons (Fsp3) is 0.308. The number of rotatable bonds is 6. The third-order valence-corrected chi connectivity index (χ3v) is 7.23. The van der Waals surface area contributed by atoms with Gasteiger partial charge in [-0.3, -0.25) is 14.2 Å². The van der Waals surface area contributed by atoms with Gasteiger partial charge < -0.3 is 24.3 Å². The first-order valence-corrected chi connectivity index (χ1v) is 13.3. The van der Waals surface area contributed by atoms with Gasteiger partial charge >= 0.3 is 12.5 Å². The summed E-state index contributed by atoms with van der Waals surface area (Å²) in [5.41, 5.74) is 1.13. The number of hydrogen-bond acceptors (Lipinski definition) is 7. The van der Waals surface area contributed by atoms with E-state index in [2.05, 4.69) is 9.72 Å². The van der Waals surface area contributed by atoms with Crippen molar-refractivity contribution in [3.05, 3.63) is 58.9 Å². The molecular formula is C26H24F3N5O5S. The molecule has 0 radical (unpaired) electrons. The molecule has 4 aromatic rings. The Labute approximate surface area is 229 Å². The number of nitrogens with one attached hydrogen (secondary N) is 1. The van der Waals surface area contributed by atoms with Gasteiger partial charge in [-0.2, -0.15) is 0 Å². The Morgan fingerprint density at radius 2 is 1.70 bits per heavy atom. The number of piperazine rings is 1. The van der Waals surface area contributed by atoms with Gasteiger partial charge in [0.2, 0.25) is 5.91 Å². The molecule has 0 unspecified atom stereocenters. The SMILES string of the molecule is CCOC(=O)N1CCN(C(=O)CSc2nc3c([nH]c4ccccc43)c(=O)n2-c2ccc(OC(F)(F)F)cc2)CC1. The molecule has 2 aromatic carbocycles. The number of carbonyl (C=O) groups is 2. The van der Waals surface area contributed by atoms with Crippen LogP contribution < -0.4 is 10.3 Å². The zero-order valence-electron chi connectivity index (χ0n) is 21.2. The molecule has 0 saturated carbocycles. The molecule has 40 heavy (non-hydrogen) atoms. The van der Waals surface area contributed by atoms with E-state index in [1.54, 1.807) is 17.9 Å². The smallest absolute Gasteiger partial charge is 0.450 e. The van der Waals surface area contributed by atoms with Crippen molar-refractivity contribution in [1.29, 1.82) is 0 Å². The number of alkyl halides is 3. The van der Waals surface area contributed by atoms with Crippen LogP contribution in [0, 0.1) is 0 Å². The summed E-state index contributed by atoms with van der Waals surface area (Å²) in [6.07, 6.45) is -5.28. The van der Waals surface area contributed by atoms with Gasteiger partial charge in [0.25, 0.3) is 5.56 Å². The lowest BCUT2D eigenvalue weighted by molar-refractivity contribution is -0.274. The zero-order valence-corrected chi connectivity index (χ0v) is 22.1. The number of para-hydroxylation sites is 1. The standard InChI is InChI=1S/C26H24F3N5O5S/c1-2-38-25(37)33-13-11-32(12-14-33)20(35)15-40-24-31-21-18-5-3-4-6-19(18)30-22(21)23(36)34(24)16-7-9-17(10-8-16)39-26(27,28)29/h3-10,30H,2,11-15H2,1H3. The Morgan fingerprint density at radius 3 is 2.38 bits per heavy atom. The van der Waals surface area contributed by atoms with E-state index in [0.29, 0.717) is 37.2 Å². The summed E-state index contributed by atoms with van der Waals surface area (Å²) in [6.45, 7) is 3.34. The minimum atomic E-state index is -4.85. The Hall–Kier alpha value is -4.20. The number of nitrogens with zero attached hydrogens (tertiary/aromatic N) is 4. The molecule has 5 rings (SSSR count). The van der Waals surface area contributed by atoms with E-state index in [9.17, 15) is 27.6 Å². The van der Waals surface area contributed by atoms with E-state index in [1.165, 1.54) is 21.6 Å². The van der Waals surface area contributed by atoms with Gasteiger partial charge in [-0.15, -0.1) is 13.2 Å². The number of amides is 2. The number of carbonyl (C=O) groups excluding carboxylic acids is 2. The Balaban J connectivity index is 1.43. The van der Waals surface area contributed by atoms with Crippen LogP contribution >= 0.6 is 11.8 Å². The second-order valence-electron chi connectivity index (χ2n) is 8.83. The predicted molar refractivity (Wildman–Crippen MR) is 142 cm³/mol. The normalized spacial score (nSPS) is 14.1. The van der Waals surface area contributed by atoms with Crippen molar-refractivity contribution >= 4 is 45.7 Å². The summed E-state index contributed by atoms with van der Waals surface area (Å²) in [5, 5.41) is 0.921. The van der Waals surface area contributed by atoms with E-state index in [0.717, 1.165) is 29.3 Å². The Kier molecular flexibility index (Phi) is 7.61. The fourth-order valence-corrected chi connectivity index (χ4v) is 5.34. The van der Waals surface area contributed by atoms with Crippen molar-refractivity contribution in [1.82, 2.24) is 24.3 Å². The molecule has 2 amide bonds. The number of thioether (sulfide) groups is 1. The highest BCUT2D eigenvalue weighted by Gasteiger charge is 2.31. The van der Waals surface area contributed by atoms with E-state index < -0.39 is 23.8 Å². The van der Waals surface area contributed by atoms with Crippen LogP contribution in [-0.2, 0) is 9.53 Å². The van der Waals surface area contributed by atoms with Crippen molar-refractivity contribution in [2.24, 2.45) is 0 Å². The monoisotopic (exact) mass is 575 g/mol. The topological polar surface area (TPSA) is 110 Å². The van der Waals surface area contributed by atoms with Crippen LogP contribution in [0.5, 0.6) is 5.75 Å². The van der Waals surface area contributed by atoms with Crippen LogP contribution in [0.1, 0.15) is 6.92 Å². The van der Waals surface area contributed by atoms with Gasteiger partial charge in [-0.05, 0) is 37.3 Å². The second-order valence-corrected chi connectivity index (χ2v) is 9.77. The summed E-state index contributed by atoms with van der Waals surface area (Å²) in [4.78, 5) is 49.6. The number of aromatic nitrogens is 3. The van der Waals surface area contributed by atoms with Crippen LogP contribution in [0.4, 0.5) is 18.0 Å². The van der Waals surface area contributed by atoms with Gasteiger partial charge in [0.1, 0.15) is 16.8 Å². The first-order chi connectivity index (χ1) is 19.1. The maximum Gasteiger partial charge on any atom is 0.573 e. The lowest BCUT2D eigenvalue weighted by atomic mass is 10.2. The molecule has 0 bridgehead atoms. The molecule has 2 aromatic heterocycles. The van der Waals surface area contributed by atoms with Crippen LogP contribution in [-0.4, -0.2) is 81.2 Å². The number of hydrogen-bond donors (Lipinski definition) is 1. The van der Waals surface area contributed by atoms with Crippen molar-refractivity contribution < 1.29 is 32.2 Å². The molecular weight excluding hydrogens is 551 g/mol. The maximum absolute atomic E-state index is 13.7. The highest BCUT2D eigenvalue weighted by atomic mass is 32.2. The van der Waals surface area contributed by atoms with E-state index in [4.69, 9.17) is 9.72 Å².